The molecule has 30 heavy (non-hydrogen) atoms. The summed E-state index contributed by atoms with van der Waals surface area (Å²) in [6.07, 6.45) is 2.41. The van der Waals surface area contributed by atoms with Gasteiger partial charge in [-0.2, -0.15) is 0 Å². The molecular formula is C25H24N2O3. The summed E-state index contributed by atoms with van der Waals surface area (Å²) < 4.78 is 0. The molecule has 0 unspecified atom stereocenters. The molecule has 0 bridgehead atoms. The Hall–Kier alpha value is -3.10. The third-order valence-electron chi connectivity index (χ3n) is 6.35. The lowest BCUT2D eigenvalue weighted by Gasteiger charge is -2.58. The molecule has 1 aliphatic carbocycles. The molecular weight excluding hydrogens is 376 g/mol. The average Bonchev–Trinajstić information content (AvgIpc) is 3.59. The van der Waals surface area contributed by atoms with Crippen molar-refractivity contribution in [2.24, 2.45) is 5.92 Å². The van der Waals surface area contributed by atoms with Crippen LogP contribution in [0.3, 0.4) is 0 Å². The second kappa shape index (κ2) is 7.62. The number of hydrogen-bond donors (Lipinski definition) is 1. The molecule has 1 saturated carbocycles. The van der Waals surface area contributed by atoms with Gasteiger partial charge < -0.3 is 14.9 Å². The second-order valence-corrected chi connectivity index (χ2v) is 8.36. The molecule has 3 atom stereocenters. The van der Waals surface area contributed by atoms with Crippen LogP contribution >= 0.6 is 0 Å². The lowest BCUT2D eigenvalue weighted by molar-refractivity contribution is -0.159. The summed E-state index contributed by atoms with van der Waals surface area (Å²) in [5.74, 6) is 6.83. The van der Waals surface area contributed by atoms with Crippen LogP contribution in [0.25, 0.3) is 0 Å². The molecule has 2 saturated heterocycles. The number of piperazine rings is 1. The van der Waals surface area contributed by atoms with Gasteiger partial charge in [0.25, 0.3) is 5.91 Å². The first-order valence-corrected chi connectivity index (χ1v) is 10.5. The highest BCUT2D eigenvalue weighted by atomic mass is 16.3. The van der Waals surface area contributed by atoms with Gasteiger partial charge in [0.1, 0.15) is 6.54 Å². The molecule has 2 heterocycles. The van der Waals surface area contributed by atoms with E-state index in [1.807, 2.05) is 42.5 Å². The molecule has 5 nitrogen and oxygen atoms in total. The number of fused-ring (bicyclic) bond motifs is 1. The lowest BCUT2D eigenvalue weighted by atomic mass is 9.73. The Morgan fingerprint density at radius 3 is 2.47 bits per heavy atom. The summed E-state index contributed by atoms with van der Waals surface area (Å²) in [5.41, 5.74) is 2.66. The molecule has 1 N–H and O–H groups in total. The Morgan fingerprint density at radius 1 is 1.07 bits per heavy atom. The molecule has 0 radical (unpaired) electrons. The van der Waals surface area contributed by atoms with Gasteiger partial charge in [-0.25, -0.2) is 0 Å². The zero-order valence-corrected chi connectivity index (χ0v) is 16.7. The maximum Gasteiger partial charge on any atom is 0.254 e. The first kappa shape index (κ1) is 18.9. The SMILES string of the molecule is O=C(c1ccccc1)N1CC(=O)N2[C@H](CO)[C@@H](c3ccc(C#CC4CC4)cc3)[C@@H]2C1. The quantitative estimate of drug-likeness (QED) is 0.804. The van der Waals surface area contributed by atoms with Crippen LogP contribution in [-0.2, 0) is 4.79 Å². The second-order valence-electron chi connectivity index (χ2n) is 8.36. The van der Waals surface area contributed by atoms with Crippen molar-refractivity contribution in [1.29, 1.82) is 0 Å². The third-order valence-corrected chi connectivity index (χ3v) is 6.35. The molecule has 2 aromatic rings. The van der Waals surface area contributed by atoms with Crippen LogP contribution in [-0.4, -0.2) is 58.5 Å². The average molecular weight is 400 g/mol. The fourth-order valence-corrected chi connectivity index (χ4v) is 4.62. The first-order valence-electron chi connectivity index (χ1n) is 10.5. The summed E-state index contributed by atoms with van der Waals surface area (Å²) in [7, 11) is 0. The van der Waals surface area contributed by atoms with Crippen molar-refractivity contribution in [2.75, 3.05) is 19.7 Å². The smallest absolute Gasteiger partial charge is 0.254 e. The predicted octanol–water partition coefficient (Wildman–Crippen LogP) is 2.26. The number of nitrogens with zero attached hydrogens (tertiary/aromatic N) is 2. The summed E-state index contributed by atoms with van der Waals surface area (Å²) in [6, 6.07) is 16.8. The number of carbonyl (C=O) groups excluding carboxylic acids is 2. The van der Waals surface area contributed by atoms with Gasteiger partial charge in [0.2, 0.25) is 5.91 Å². The molecule has 152 valence electrons. The van der Waals surface area contributed by atoms with Crippen molar-refractivity contribution in [1.82, 2.24) is 9.80 Å². The Balaban J connectivity index is 1.36. The van der Waals surface area contributed by atoms with Crippen LogP contribution in [0.5, 0.6) is 0 Å². The van der Waals surface area contributed by atoms with Crippen LogP contribution in [0.15, 0.2) is 54.6 Å². The fourth-order valence-electron chi connectivity index (χ4n) is 4.62. The van der Waals surface area contributed by atoms with Crippen molar-refractivity contribution in [3.63, 3.8) is 0 Å². The van der Waals surface area contributed by atoms with E-state index in [1.165, 1.54) is 12.8 Å². The van der Waals surface area contributed by atoms with Crippen LogP contribution in [0.2, 0.25) is 0 Å². The molecule has 5 heteroatoms. The Morgan fingerprint density at radius 2 is 1.80 bits per heavy atom. The summed E-state index contributed by atoms with van der Waals surface area (Å²) >= 11 is 0. The zero-order chi connectivity index (χ0) is 20.7. The topological polar surface area (TPSA) is 60.9 Å². The predicted molar refractivity (Wildman–Crippen MR) is 113 cm³/mol. The number of amides is 2. The van der Waals surface area contributed by atoms with Gasteiger partial charge in [-0.05, 0) is 42.7 Å². The number of aliphatic hydroxyl groups is 1. The van der Waals surface area contributed by atoms with E-state index in [-0.39, 0.29) is 43.0 Å². The Bertz CT molecular complexity index is 1020. The van der Waals surface area contributed by atoms with Crippen molar-refractivity contribution in [3.05, 3.63) is 71.3 Å². The van der Waals surface area contributed by atoms with Crippen LogP contribution in [0, 0.1) is 17.8 Å². The normalized spacial score (nSPS) is 25.1. The van der Waals surface area contributed by atoms with Gasteiger partial charge in [-0.15, -0.1) is 0 Å². The Kier molecular flexibility index (Phi) is 4.80. The standard InChI is InChI=1S/C25H24N2O3/c28-16-22-24(19-12-10-18(11-13-19)9-8-17-6-7-17)21-14-26(15-23(29)27(21)22)25(30)20-4-2-1-3-5-20/h1-5,10-13,17,21-22,24,28H,6-7,14-16H2/t21-,22+,24-/m0/s1. The molecule has 0 aromatic heterocycles. The Labute approximate surface area is 176 Å². The maximum absolute atomic E-state index is 12.9. The fraction of sp³-hybridized carbons (Fsp3) is 0.360. The van der Waals surface area contributed by atoms with Crippen LogP contribution in [0.1, 0.15) is 40.2 Å². The van der Waals surface area contributed by atoms with E-state index in [1.54, 1.807) is 21.9 Å². The van der Waals surface area contributed by atoms with Crippen LogP contribution in [0.4, 0.5) is 0 Å². The highest BCUT2D eigenvalue weighted by Crippen LogP contribution is 2.43. The van der Waals surface area contributed by atoms with E-state index in [0.29, 0.717) is 18.0 Å². The van der Waals surface area contributed by atoms with Crippen molar-refractivity contribution in [3.8, 4) is 11.8 Å². The van der Waals surface area contributed by atoms with Gasteiger partial charge >= 0.3 is 0 Å². The molecule has 2 aliphatic heterocycles. The molecule has 3 fully saturated rings. The van der Waals surface area contributed by atoms with Gasteiger partial charge in [-0.1, -0.05) is 42.2 Å². The highest BCUT2D eigenvalue weighted by molar-refractivity contribution is 5.97. The number of carbonyl (C=O) groups is 2. The number of aliphatic hydroxyl groups excluding tert-OH is 1. The third kappa shape index (κ3) is 3.38. The van der Waals surface area contributed by atoms with Crippen LogP contribution < -0.4 is 0 Å². The number of benzene rings is 2. The van der Waals surface area contributed by atoms with E-state index >= 15 is 0 Å². The van der Waals surface area contributed by atoms with E-state index < -0.39 is 0 Å². The van der Waals surface area contributed by atoms with E-state index in [9.17, 15) is 14.7 Å². The van der Waals surface area contributed by atoms with Gasteiger partial charge in [0.05, 0.1) is 18.7 Å². The van der Waals surface area contributed by atoms with Gasteiger partial charge in [0.15, 0.2) is 0 Å². The van der Waals surface area contributed by atoms with E-state index in [4.69, 9.17) is 0 Å². The molecule has 2 aromatic carbocycles. The summed E-state index contributed by atoms with van der Waals surface area (Å²) in [5, 5.41) is 9.94. The minimum absolute atomic E-state index is 0.00997. The number of rotatable bonds is 3. The largest absolute Gasteiger partial charge is 0.394 e. The van der Waals surface area contributed by atoms with Crippen molar-refractivity contribution < 1.29 is 14.7 Å². The highest BCUT2D eigenvalue weighted by Gasteiger charge is 2.54. The van der Waals surface area contributed by atoms with Gasteiger partial charge in [0, 0.05) is 29.5 Å². The zero-order valence-electron chi connectivity index (χ0n) is 16.7. The van der Waals surface area contributed by atoms with E-state index in [2.05, 4.69) is 11.8 Å². The van der Waals surface area contributed by atoms with Crippen molar-refractivity contribution >= 4 is 11.8 Å². The van der Waals surface area contributed by atoms with Gasteiger partial charge in [-0.3, -0.25) is 9.59 Å². The minimum atomic E-state index is -0.236. The molecule has 3 aliphatic rings. The molecule has 5 rings (SSSR count). The number of hydrogen-bond acceptors (Lipinski definition) is 3. The molecule has 0 spiro atoms. The lowest BCUT2D eigenvalue weighted by Crippen LogP contribution is -2.73. The summed E-state index contributed by atoms with van der Waals surface area (Å²) in [6.45, 7) is 0.454. The molecule has 2 amide bonds. The monoisotopic (exact) mass is 400 g/mol. The van der Waals surface area contributed by atoms with E-state index in [0.717, 1.165) is 11.1 Å². The minimum Gasteiger partial charge on any atom is -0.394 e. The van der Waals surface area contributed by atoms with Crippen molar-refractivity contribution in [2.45, 2.75) is 30.8 Å². The summed E-state index contributed by atoms with van der Waals surface area (Å²) in [4.78, 5) is 29.0. The maximum atomic E-state index is 12.9. The first-order chi connectivity index (χ1) is 14.7.